The van der Waals surface area contributed by atoms with E-state index in [2.05, 4.69) is 19.9 Å². The summed E-state index contributed by atoms with van der Waals surface area (Å²) in [5.41, 5.74) is -0.443. The lowest BCUT2D eigenvalue weighted by Crippen LogP contribution is -2.58. The van der Waals surface area contributed by atoms with E-state index in [-0.39, 0.29) is 22.5 Å². The smallest absolute Gasteiger partial charge is 0.162 e. The van der Waals surface area contributed by atoms with E-state index in [1.165, 1.54) is 12.5 Å². The van der Waals surface area contributed by atoms with Crippen LogP contribution in [0.15, 0.2) is 11.6 Å². The minimum atomic E-state index is -4.97. The second-order valence-corrected chi connectivity index (χ2v) is 11.7. The molecule has 0 aliphatic heterocycles. The van der Waals surface area contributed by atoms with Crippen LogP contribution in [0.1, 0.15) is 72.6 Å². The maximum absolute atomic E-state index is 12.5. The van der Waals surface area contributed by atoms with Gasteiger partial charge in [-0.05, 0) is 81.0 Å². The fraction of sp³-hybridized carbons (Fsp3) is 0.864. The van der Waals surface area contributed by atoms with E-state index in [1.807, 2.05) is 6.92 Å². The molecule has 4 rings (SSSR count). The van der Waals surface area contributed by atoms with Crippen LogP contribution in [-0.2, 0) is 13.9 Å². The number of ketones is 1. The van der Waals surface area contributed by atoms with E-state index in [1.54, 1.807) is 0 Å². The first-order chi connectivity index (χ1) is 13.3. The van der Waals surface area contributed by atoms with Crippen molar-refractivity contribution in [2.24, 2.45) is 34.5 Å². The minimum Gasteiger partial charge on any atom is -0.790 e. The number of rotatable bonds is 3. The number of hydrogen-bond donors (Lipinski definition) is 1. The van der Waals surface area contributed by atoms with Crippen LogP contribution in [0.25, 0.3) is 0 Å². The standard InChI is InChI=1S/C22H35O6P/c1-13-11-19-17-6-5-15-12-16(28-29(25,26)27)7-9-20(15,3)18(17)8-10-21(19,4)22(13,24)14(2)23/h5,13,16-19,24H,6-12H2,1-4H3,(H2,25,26,27)/p-2/t13-,16+,17-,18-,19-,20+,21+,22+/m0/s1. The van der Waals surface area contributed by atoms with Gasteiger partial charge in [0.05, 0.1) is 13.9 Å². The van der Waals surface area contributed by atoms with Gasteiger partial charge in [-0.2, -0.15) is 0 Å². The summed E-state index contributed by atoms with van der Waals surface area (Å²) in [5, 5.41) is 11.5. The fourth-order valence-electron chi connectivity index (χ4n) is 7.99. The largest absolute Gasteiger partial charge is 0.790 e. The molecule has 1 N–H and O–H groups in total. The number of aliphatic hydroxyl groups is 1. The Bertz CT molecular complexity index is 788. The molecule has 0 aromatic carbocycles. The molecule has 3 saturated carbocycles. The third-order valence-electron chi connectivity index (χ3n) is 9.45. The quantitative estimate of drug-likeness (QED) is 0.551. The molecule has 4 aliphatic rings. The number of phosphoric ester groups is 1. The number of allylic oxidation sites excluding steroid dienone is 1. The van der Waals surface area contributed by atoms with Gasteiger partial charge >= 0.3 is 0 Å². The Hall–Kier alpha value is -0.520. The molecule has 3 fully saturated rings. The Balaban J connectivity index is 1.62. The fourth-order valence-corrected chi connectivity index (χ4v) is 8.54. The van der Waals surface area contributed by atoms with Crippen molar-refractivity contribution in [2.75, 3.05) is 0 Å². The van der Waals surface area contributed by atoms with Crippen LogP contribution in [0.4, 0.5) is 0 Å². The molecule has 6 nitrogen and oxygen atoms in total. The maximum atomic E-state index is 12.5. The second kappa shape index (κ2) is 6.74. The van der Waals surface area contributed by atoms with Crippen LogP contribution in [-0.4, -0.2) is 22.6 Å². The zero-order chi connectivity index (χ0) is 21.4. The predicted molar refractivity (Wildman–Crippen MR) is 104 cm³/mol. The lowest BCUT2D eigenvalue weighted by Gasteiger charge is -2.59. The first-order valence-corrected chi connectivity index (χ1v) is 12.4. The molecule has 0 amide bonds. The van der Waals surface area contributed by atoms with Crippen LogP contribution in [0.5, 0.6) is 0 Å². The van der Waals surface area contributed by atoms with Crippen molar-refractivity contribution in [3.63, 3.8) is 0 Å². The van der Waals surface area contributed by atoms with Crippen molar-refractivity contribution in [3.05, 3.63) is 11.6 Å². The summed E-state index contributed by atoms with van der Waals surface area (Å²) in [6.45, 7) is 7.93. The van der Waals surface area contributed by atoms with Gasteiger partial charge in [-0.15, -0.1) is 0 Å². The lowest BCUT2D eigenvalue weighted by atomic mass is 9.46. The molecule has 164 valence electrons. The Morgan fingerprint density at radius 1 is 1.24 bits per heavy atom. The Morgan fingerprint density at radius 3 is 2.55 bits per heavy atom. The molecule has 8 atom stereocenters. The molecule has 0 radical (unpaired) electrons. The maximum Gasteiger partial charge on any atom is 0.162 e. The van der Waals surface area contributed by atoms with Gasteiger partial charge in [0.15, 0.2) is 5.78 Å². The van der Waals surface area contributed by atoms with Crippen molar-refractivity contribution in [1.29, 1.82) is 0 Å². The molecule has 7 heteroatoms. The molecule has 0 spiro atoms. The van der Waals surface area contributed by atoms with Gasteiger partial charge in [0.1, 0.15) is 5.60 Å². The highest BCUT2D eigenvalue weighted by molar-refractivity contribution is 7.43. The first kappa shape index (κ1) is 21.7. The number of carbonyl (C=O) groups excluding carboxylic acids is 1. The van der Waals surface area contributed by atoms with Crippen LogP contribution >= 0.6 is 7.82 Å². The highest BCUT2D eigenvalue weighted by atomic mass is 31.2. The minimum absolute atomic E-state index is 0.0277. The summed E-state index contributed by atoms with van der Waals surface area (Å²) in [5.74, 6) is 1.02. The molecule has 0 aromatic rings. The summed E-state index contributed by atoms with van der Waals surface area (Å²) in [6.07, 6.45) is 7.11. The number of phosphoric acid groups is 1. The molecular formula is C22H33O6P-2. The van der Waals surface area contributed by atoms with E-state index in [4.69, 9.17) is 4.52 Å². The first-order valence-electron chi connectivity index (χ1n) is 11.0. The monoisotopic (exact) mass is 424 g/mol. The Labute approximate surface area is 173 Å². The predicted octanol–water partition coefficient (Wildman–Crippen LogP) is 2.73. The molecule has 0 saturated heterocycles. The van der Waals surface area contributed by atoms with Crippen LogP contribution in [0.2, 0.25) is 0 Å². The molecule has 0 bridgehead atoms. The van der Waals surface area contributed by atoms with Crippen molar-refractivity contribution in [2.45, 2.75) is 84.3 Å². The second-order valence-electron chi connectivity index (χ2n) is 10.6. The van der Waals surface area contributed by atoms with Crippen molar-refractivity contribution in [3.8, 4) is 0 Å². The van der Waals surface area contributed by atoms with Gasteiger partial charge < -0.3 is 24.0 Å². The topological polar surface area (TPSA) is 110 Å². The van der Waals surface area contributed by atoms with E-state index < -0.39 is 19.5 Å². The van der Waals surface area contributed by atoms with E-state index in [0.29, 0.717) is 30.6 Å². The van der Waals surface area contributed by atoms with Crippen molar-refractivity contribution < 1.29 is 28.8 Å². The number of Topliss-reactive ketones (excluding diaryl/α,β-unsaturated/α-hetero) is 1. The zero-order valence-electron chi connectivity index (χ0n) is 17.8. The van der Waals surface area contributed by atoms with Gasteiger partial charge in [-0.1, -0.05) is 32.4 Å². The highest BCUT2D eigenvalue weighted by Crippen LogP contribution is 2.68. The van der Waals surface area contributed by atoms with E-state index >= 15 is 0 Å². The van der Waals surface area contributed by atoms with Gasteiger partial charge in [-0.25, -0.2) is 0 Å². The van der Waals surface area contributed by atoms with Crippen LogP contribution in [0.3, 0.4) is 0 Å². The van der Waals surface area contributed by atoms with E-state index in [9.17, 15) is 24.3 Å². The normalized spacial score (nSPS) is 49.6. The molecule has 29 heavy (non-hydrogen) atoms. The van der Waals surface area contributed by atoms with Crippen molar-refractivity contribution >= 4 is 13.6 Å². The summed E-state index contributed by atoms with van der Waals surface area (Å²) < 4.78 is 15.8. The Morgan fingerprint density at radius 2 is 1.93 bits per heavy atom. The molecular weight excluding hydrogens is 391 g/mol. The number of fused-ring (bicyclic) bond motifs is 5. The molecule has 4 aliphatic carbocycles. The van der Waals surface area contributed by atoms with Crippen LogP contribution in [0, 0.1) is 34.5 Å². The number of hydrogen-bond acceptors (Lipinski definition) is 6. The summed E-state index contributed by atoms with van der Waals surface area (Å²) >= 11 is 0. The van der Waals surface area contributed by atoms with Crippen molar-refractivity contribution in [1.82, 2.24) is 0 Å². The Kier molecular flexibility index (Phi) is 5.04. The molecule has 0 aromatic heterocycles. The highest BCUT2D eigenvalue weighted by Gasteiger charge is 2.67. The van der Waals surface area contributed by atoms with Gasteiger partial charge in [0, 0.05) is 5.41 Å². The summed E-state index contributed by atoms with van der Waals surface area (Å²) in [4.78, 5) is 34.6. The van der Waals surface area contributed by atoms with Crippen LogP contribution < -0.4 is 9.79 Å². The number of carbonyl (C=O) groups is 1. The van der Waals surface area contributed by atoms with Gasteiger partial charge in [-0.3, -0.25) is 4.79 Å². The van der Waals surface area contributed by atoms with Gasteiger partial charge in [0.2, 0.25) is 0 Å². The molecule has 0 heterocycles. The average molecular weight is 424 g/mol. The van der Waals surface area contributed by atoms with E-state index in [0.717, 1.165) is 32.1 Å². The molecule has 0 unspecified atom stereocenters. The summed E-state index contributed by atoms with van der Waals surface area (Å²) in [6, 6.07) is 0. The average Bonchev–Trinajstić information content (AvgIpc) is 2.82. The zero-order valence-corrected chi connectivity index (χ0v) is 18.7. The third-order valence-corrected chi connectivity index (χ3v) is 10.0. The lowest BCUT2D eigenvalue weighted by molar-refractivity contribution is -0.345. The SMILES string of the molecule is CC(=O)[C@]1(O)[C@@H](C)C[C@H]2[C@H]3CC=C4C[C@H](OP(=O)([O-])[O-])CC[C@@]4(C)[C@H]3CC[C@]21C. The van der Waals surface area contributed by atoms with Gasteiger partial charge in [0.25, 0.3) is 0 Å². The third kappa shape index (κ3) is 3.05. The summed E-state index contributed by atoms with van der Waals surface area (Å²) in [7, 11) is -4.97.